The number of carbonyl (C=O) groups excluding carboxylic acids is 1. The van der Waals surface area contributed by atoms with E-state index >= 15 is 0 Å². The monoisotopic (exact) mass is 251 g/mol. The van der Waals surface area contributed by atoms with E-state index in [1.54, 1.807) is 19.1 Å². The lowest BCUT2D eigenvalue weighted by atomic mass is 10.1. The number of rotatable bonds is 3. The normalized spacial score (nSPS) is 10.5. The van der Waals surface area contributed by atoms with Crippen molar-refractivity contribution in [2.24, 2.45) is 0 Å². The molecule has 0 unspecified atom stereocenters. The van der Waals surface area contributed by atoms with Crippen molar-refractivity contribution in [2.75, 3.05) is 7.11 Å². The van der Waals surface area contributed by atoms with Gasteiger partial charge >= 0.3 is 5.69 Å². The second-order valence-corrected chi connectivity index (χ2v) is 4.69. The van der Waals surface area contributed by atoms with Crippen LogP contribution in [0.5, 0.6) is 5.75 Å². The van der Waals surface area contributed by atoms with Crippen LogP contribution in [0.25, 0.3) is 10.1 Å². The number of nitro groups is 1. The number of aryl methyl sites for hydroxylation is 1. The van der Waals surface area contributed by atoms with Crippen LogP contribution in [0.2, 0.25) is 0 Å². The van der Waals surface area contributed by atoms with Gasteiger partial charge in [0.05, 0.1) is 17.4 Å². The lowest BCUT2D eigenvalue weighted by Crippen LogP contribution is -1.95. The van der Waals surface area contributed by atoms with Gasteiger partial charge in [0.2, 0.25) is 0 Å². The molecule has 0 N–H and O–H groups in total. The van der Waals surface area contributed by atoms with Gasteiger partial charge in [0, 0.05) is 15.1 Å². The summed E-state index contributed by atoms with van der Waals surface area (Å²) in [5.74, 6) is 0.170. The van der Waals surface area contributed by atoms with Gasteiger partial charge < -0.3 is 4.74 Å². The second kappa shape index (κ2) is 4.14. The maximum atomic E-state index is 11.1. The Morgan fingerprint density at radius 3 is 2.71 bits per heavy atom. The van der Waals surface area contributed by atoms with Crippen molar-refractivity contribution >= 4 is 33.4 Å². The Morgan fingerprint density at radius 2 is 2.18 bits per heavy atom. The molecule has 1 heterocycles. The van der Waals surface area contributed by atoms with Crippen molar-refractivity contribution in [1.82, 2.24) is 0 Å². The van der Waals surface area contributed by atoms with Gasteiger partial charge in [-0.15, -0.1) is 11.3 Å². The molecule has 6 heteroatoms. The number of methoxy groups -OCH3 is 1. The van der Waals surface area contributed by atoms with Gasteiger partial charge in [-0.25, -0.2) is 0 Å². The lowest BCUT2D eigenvalue weighted by Gasteiger charge is -2.02. The molecule has 0 spiro atoms. The SMILES string of the molecule is COc1ccc2sc(C)c(C=O)c2c1[N+](=O)[O-]. The molecule has 5 nitrogen and oxygen atoms in total. The van der Waals surface area contributed by atoms with E-state index in [0.717, 1.165) is 9.58 Å². The number of thiophene rings is 1. The highest BCUT2D eigenvalue weighted by Gasteiger charge is 2.24. The van der Waals surface area contributed by atoms with Gasteiger partial charge in [0.15, 0.2) is 12.0 Å². The minimum atomic E-state index is -0.514. The first-order valence-electron chi connectivity index (χ1n) is 4.79. The molecule has 88 valence electrons. The number of benzene rings is 1. The van der Waals surface area contributed by atoms with E-state index in [1.165, 1.54) is 18.4 Å². The molecule has 0 saturated heterocycles. The Hall–Kier alpha value is -1.95. The molecular weight excluding hydrogens is 242 g/mol. The van der Waals surface area contributed by atoms with Crippen LogP contribution >= 0.6 is 11.3 Å². The summed E-state index contributed by atoms with van der Waals surface area (Å²) in [4.78, 5) is 22.4. The third-order valence-corrected chi connectivity index (χ3v) is 3.62. The largest absolute Gasteiger partial charge is 0.490 e. The molecule has 2 aromatic rings. The number of nitrogens with zero attached hydrogens (tertiary/aromatic N) is 1. The van der Waals surface area contributed by atoms with Crippen LogP contribution in [0.3, 0.4) is 0 Å². The Balaban J connectivity index is 2.96. The van der Waals surface area contributed by atoms with Gasteiger partial charge in [0.1, 0.15) is 0 Å². The number of hydrogen-bond acceptors (Lipinski definition) is 5. The Kier molecular flexibility index (Phi) is 2.81. The van der Waals surface area contributed by atoms with Gasteiger partial charge in [0.25, 0.3) is 0 Å². The fourth-order valence-electron chi connectivity index (χ4n) is 1.78. The highest BCUT2D eigenvalue weighted by Crippen LogP contribution is 2.41. The third-order valence-electron chi connectivity index (χ3n) is 2.53. The molecule has 0 amide bonds. The first-order chi connectivity index (χ1) is 8.10. The average Bonchev–Trinajstić information content (AvgIpc) is 2.62. The maximum absolute atomic E-state index is 11.1. The maximum Gasteiger partial charge on any atom is 0.320 e. The predicted molar refractivity (Wildman–Crippen MR) is 65.2 cm³/mol. The van der Waals surface area contributed by atoms with Gasteiger partial charge in [-0.1, -0.05) is 0 Å². The first kappa shape index (κ1) is 11.5. The van der Waals surface area contributed by atoms with Crippen molar-refractivity contribution < 1.29 is 14.5 Å². The van der Waals surface area contributed by atoms with Crippen molar-refractivity contribution in [3.8, 4) is 5.75 Å². The van der Waals surface area contributed by atoms with E-state index in [-0.39, 0.29) is 11.4 Å². The first-order valence-corrected chi connectivity index (χ1v) is 5.61. The zero-order valence-corrected chi connectivity index (χ0v) is 10.0. The molecule has 0 atom stereocenters. The summed E-state index contributed by atoms with van der Waals surface area (Å²) in [5.41, 5.74) is 0.229. The van der Waals surface area contributed by atoms with Crippen LogP contribution in [-0.2, 0) is 0 Å². The molecular formula is C11H9NO4S. The van der Waals surface area contributed by atoms with E-state index in [4.69, 9.17) is 4.74 Å². The Morgan fingerprint density at radius 1 is 1.47 bits per heavy atom. The van der Waals surface area contributed by atoms with E-state index in [2.05, 4.69) is 0 Å². The zero-order valence-electron chi connectivity index (χ0n) is 9.22. The van der Waals surface area contributed by atoms with Crippen LogP contribution in [0.15, 0.2) is 12.1 Å². The molecule has 0 aliphatic carbocycles. The van der Waals surface area contributed by atoms with E-state index < -0.39 is 4.92 Å². The predicted octanol–water partition coefficient (Wildman–Crippen LogP) is 2.94. The number of nitro benzene ring substituents is 1. The molecule has 0 aliphatic rings. The Labute approximate surface area is 101 Å². The molecule has 1 aromatic heterocycles. The topological polar surface area (TPSA) is 69.4 Å². The molecule has 0 saturated carbocycles. The number of fused-ring (bicyclic) bond motifs is 1. The lowest BCUT2D eigenvalue weighted by molar-refractivity contribution is -0.383. The van der Waals surface area contributed by atoms with Crippen LogP contribution < -0.4 is 4.74 Å². The summed E-state index contributed by atoms with van der Waals surface area (Å²) in [6.45, 7) is 1.77. The van der Waals surface area contributed by atoms with Gasteiger partial charge in [-0.05, 0) is 19.1 Å². The van der Waals surface area contributed by atoms with Crippen LogP contribution in [0.1, 0.15) is 15.2 Å². The summed E-state index contributed by atoms with van der Waals surface area (Å²) in [5, 5.41) is 11.5. The Bertz CT molecular complexity index is 617. The highest BCUT2D eigenvalue weighted by molar-refractivity contribution is 7.19. The highest BCUT2D eigenvalue weighted by atomic mass is 32.1. The molecule has 0 radical (unpaired) electrons. The van der Waals surface area contributed by atoms with E-state index in [0.29, 0.717) is 17.2 Å². The molecule has 0 aliphatic heterocycles. The van der Waals surface area contributed by atoms with E-state index in [9.17, 15) is 14.9 Å². The van der Waals surface area contributed by atoms with Crippen LogP contribution in [0, 0.1) is 17.0 Å². The fraction of sp³-hybridized carbons (Fsp3) is 0.182. The summed E-state index contributed by atoms with van der Waals surface area (Å²) in [6, 6.07) is 3.27. The standard InChI is InChI=1S/C11H9NO4S/c1-6-7(5-13)10-9(17-6)4-3-8(16-2)11(10)12(14)15/h3-5H,1-2H3. The molecule has 17 heavy (non-hydrogen) atoms. The van der Waals surface area contributed by atoms with E-state index in [1.807, 2.05) is 0 Å². The molecule has 1 aromatic carbocycles. The van der Waals surface area contributed by atoms with Crippen molar-refractivity contribution in [3.63, 3.8) is 0 Å². The number of aldehydes is 1. The van der Waals surface area contributed by atoms with Crippen LogP contribution in [-0.4, -0.2) is 18.3 Å². The summed E-state index contributed by atoms with van der Waals surface area (Å²) in [7, 11) is 1.37. The quantitative estimate of drug-likeness (QED) is 0.477. The minimum absolute atomic E-state index is 0.142. The summed E-state index contributed by atoms with van der Waals surface area (Å²) < 4.78 is 5.69. The fourth-order valence-corrected chi connectivity index (χ4v) is 2.82. The number of carbonyl (C=O) groups is 1. The zero-order chi connectivity index (χ0) is 12.6. The summed E-state index contributed by atoms with van der Waals surface area (Å²) >= 11 is 1.36. The average molecular weight is 251 g/mol. The number of ether oxygens (including phenoxy) is 1. The van der Waals surface area contributed by atoms with Crippen molar-refractivity contribution in [2.45, 2.75) is 6.92 Å². The van der Waals surface area contributed by atoms with Crippen molar-refractivity contribution in [1.29, 1.82) is 0 Å². The molecule has 2 rings (SSSR count). The molecule has 0 bridgehead atoms. The van der Waals surface area contributed by atoms with Gasteiger partial charge in [-0.3, -0.25) is 14.9 Å². The van der Waals surface area contributed by atoms with Crippen LogP contribution in [0.4, 0.5) is 5.69 Å². The smallest absolute Gasteiger partial charge is 0.320 e. The minimum Gasteiger partial charge on any atom is -0.490 e. The van der Waals surface area contributed by atoms with Crippen molar-refractivity contribution in [3.05, 3.63) is 32.7 Å². The second-order valence-electron chi connectivity index (χ2n) is 3.44. The molecule has 0 fully saturated rings. The third kappa shape index (κ3) is 1.66. The summed E-state index contributed by atoms with van der Waals surface area (Å²) in [6.07, 6.45) is 0.653. The van der Waals surface area contributed by atoms with Gasteiger partial charge in [-0.2, -0.15) is 0 Å². The number of hydrogen-bond donors (Lipinski definition) is 0.